The monoisotopic (exact) mass is 265 g/mol. The molecule has 0 aliphatic carbocycles. The van der Waals surface area contributed by atoms with Gasteiger partial charge in [-0.2, -0.15) is 0 Å². The zero-order valence-electron chi connectivity index (χ0n) is 8.30. The van der Waals surface area contributed by atoms with Gasteiger partial charge in [0.15, 0.2) is 0 Å². The number of carboxylic acids is 1. The summed E-state index contributed by atoms with van der Waals surface area (Å²) >= 11 is 0. The Bertz CT molecular complexity index is 213. The fourth-order valence-corrected chi connectivity index (χ4v) is 0.864. The molecule has 0 unspecified atom stereocenters. The number of carbonyl (C=O) groups excluding carboxylic acids is 1. The van der Waals surface area contributed by atoms with Gasteiger partial charge in [-0.1, -0.05) is 0 Å². The van der Waals surface area contributed by atoms with Crippen LogP contribution in [0.5, 0.6) is 0 Å². The molecule has 5 atom stereocenters. The summed E-state index contributed by atoms with van der Waals surface area (Å²) in [6.45, 7) is -0.896. The van der Waals surface area contributed by atoms with Gasteiger partial charge in [0, 0.05) is 0 Å². The maximum Gasteiger partial charge on any atom is 2.00 e. The van der Waals surface area contributed by atoms with E-state index < -0.39 is 43.1 Å². The number of hydrogen-bond donors (Lipinski definition) is 6. The summed E-state index contributed by atoms with van der Waals surface area (Å²) < 4.78 is 0. The van der Waals surface area contributed by atoms with Crippen molar-refractivity contribution in [1.29, 1.82) is 0 Å². The fraction of sp³-hybridized carbons (Fsp3) is 0.857. The van der Waals surface area contributed by atoms with E-state index in [9.17, 15) is 9.90 Å². The Labute approximate surface area is 121 Å². The third-order valence-electron chi connectivity index (χ3n) is 1.85. The summed E-state index contributed by atoms with van der Waals surface area (Å²) in [5, 5.41) is 63.2. The molecule has 0 heterocycles. The Kier molecular flexibility index (Phi) is 10.1. The Hall–Kier alpha value is 0.490. The van der Waals surface area contributed by atoms with Crippen molar-refractivity contribution in [2.24, 2.45) is 0 Å². The molecular formula is C7H13CaO8+. The van der Waals surface area contributed by atoms with Crippen molar-refractivity contribution in [2.75, 3.05) is 6.61 Å². The zero-order chi connectivity index (χ0) is 12.2. The number of carbonyl (C=O) groups is 1. The van der Waals surface area contributed by atoms with Gasteiger partial charge in [0.25, 0.3) is 0 Å². The van der Waals surface area contributed by atoms with E-state index in [2.05, 4.69) is 0 Å². The molecule has 0 aromatic heterocycles. The van der Waals surface area contributed by atoms with Crippen LogP contribution < -0.4 is 5.11 Å². The van der Waals surface area contributed by atoms with Crippen LogP contribution in [0.15, 0.2) is 0 Å². The fourth-order valence-electron chi connectivity index (χ4n) is 0.864. The molecule has 6 N–H and O–H groups in total. The SMILES string of the molecule is O=C([O-])[C@H](O)[C@H](O)[C@@H](O)[C@H](O)[C@H](O)CO.[Ca+2]. The molecule has 16 heavy (non-hydrogen) atoms. The predicted octanol–water partition coefficient (Wildman–Crippen LogP) is -5.85. The first-order valence-corrected chi connectivity index (χ1v) is 4.05. The summed E-state index contributed by atoms with van der Waals surface area (Å²) in [7, 11) is 0. The number of aliphatic carboxylic acids is 1. The summed E-state index contributed by atoms with van der Waals surface area (Å²) in [6, 6.07) is 0. The van der Waals surface area contributed by atoms with Gasteiger partial charge < -0.3 is 40.5 Å². The first-order chi connectivity index (χ1) is 6.82. The van der Waals surface area contributed by atoms with Gasteiger partial charge in [0.1, 0.15) is 30.5 Å². The minimum atomic E-state index is -2.40. The topological polar surface area (TPSA) is 162 Å². The van der Waals surface area contributed by atoms with E-state index in [1.54, 1.807) is 0 Å². The van der Waals surface area contributed by atoms with Gasteiger partial charge in [0.2, 0.25) is 0 Å². The van der Waals surface area contributed by atoms with Crippen LogP contribution in [-0.2, 0) is 4.79 Å². The first kappa shape index (κ1) is 18.8. The molecule has 90 valence electrons. The Morgan fingerprint density at radius 1 is 1.00 bits per heavy atom. The van der Waals surface area contributed by atoms with Crippen molar-refractivity contribution in [3.05, 3.63) is 0 Å². The van der Waals surface area contributed by atoms with Gasteiger partial charge in [-0.15, -0.1) is 0 Å². The molecule has 9 heteroatoms. The number of aliphatic hydroxyl groups excluding tert-OH is 6. The van der Waals surface area contributed by atoms with Gasteiger partial charge in [-0.05, 0) is 0 Å². The van der Waals surface area contributed by atoms with Crippen molar-refractivity contribution in [3.8, 4) is 0 Å². The minimum absolute atomic E-state index is 0. The van der Waals surface area contributed by atoms with E-state index >= 15 is 0 Å². The largest absolute Gasteiger partial charge is 2.00 e. The van der Waals surface area contributed by atoms with Gasteiger partial charge >= 0.3 is 37.7 Å². The number of carboxylic acid groups (broad SMARTS) is 1. The van der Waals surface area contributed by atoms with Crippen LogP contribution in [0.3, 0.4) is 0 Å². The first-order valence-electron chi connectivity index (χ1n) is 4.05. The van der Waals surface area contributed by atoms with E-state index in [4.69, 9.17) is 30.6 Å². The van der Waals surface area contributed by atoms with Crippen LogP contribution >= 0.6 is 0 Å². The molecule has 0 fully saturated rings. The molecule has 0 radical (unpaired) electrons. The second-order valence-electron chi connectivity index (χ2n) is 2.99. The van der Waals surface area contributed by atoms with Crippen LogP contribution in [0.25, 0.3) is 0 Å². The second kappa shape index (κ2) is 8.56. The molecule has 0 aliphatic heterocycles. The molecule has 0 aromatic carbocycles. The van der Waals surface area contributed by atoms with Gasteiger partial charge in [-0.3, -0.25) is 0 Å². The maximum atomic E-state index is 10.1. The Morgan fingerprint density at radius 2 is 1.44 bits per heavy atom. The molecule has 0 spiro atoms. The van der Waals surface area contributed by atoms with Crippen molar-refractivity contribution in [3.63, 3.8) is 0 Å². The average molecular weight is 265 g/mol. The van der Waals surface area contributed by atoms with E-state index in [1.807, 2.05) is 0 Å². The molecule has 0 amide bonds. The standard InChI is InChI=1S/C7H14O8.Ca/c8-1-2(9)3(10)4(11)5(12)6(13)7(14)15;/h2-6,8-13H,1H2,(H,14,15);/q;+2/p-1/t2-,3-,4+,5-,6-;/m1./s1. The van der Waals surface area contributed by atoms with Crippen LogP contribution in [0, 0.1) is 0 Å². The van der Waals surface area contributed by atoms with E-state index in [0.717, 1.165) is 0 Å². The minimum Gasteiger partial charge on any atom is -0.547 e. The average Bonchev–Trinajstić information content (AvgIpc) is 2.23. The van der Waals surface area contributed by atoms with Crippen molar-refractivity contribution in [1.82, 2.24) is 0 Å². The second-order valence-corrected chi connectivity index (χ2v) is 2.99. The third kappa shape index (κ3) is 5.21. The molecular weight excluding hydrogens is 252 g/mol. The summed E-state index contributed by atoms with van der Waals surface area (Å²) in [6.07, 6.45) is -10.5. The quantitative estimate of drug-likeness (QED) is 0.259. The summed E-state index contributed by atoms with van der Waals surface area (Å²) in [5.41, 5.74) is 0. The van der Waals surface area contributed by atoms with Crippen molar-refractivity contribution < 1.29 is 40.5 Å². The molecule has 0 rings (SSSR count). The van der Waals surface area contributed by atoms with Crippen molar-refractivity contribution >= 4 is 43.7 Å². The molecule has 0 aliphatic rings. The maximum absolute atomic E-state index is 10.1. The van der Waals surface area contributed by atoms with Gasteiger partial charge in [0.05, 0.1) is 12.6 Å². The summed E-state index contributed by atoms with van der Waals surface area (Å²) in [5.74, 6) is -2.03. The Morgan fingerprint density at radius 3 is 1.75 bits per heavy atom. The molecule has 0 saturated carbocycles. The summed E-state index contributed by atoms with van der Waals surface area (Å²) in [4.78, 5) is 10.1. The number of aliphatic hydroxyl groups is 6. The van der Waals surface area contributed by atoms with E-state index in [1.165, 1.54) is 0 Å². The van der Waals surface area contributed by atoms with Crippen LogP contribution in [0.4, 0.5) is 0 Å². The van der Waals surface area contributed by atoms with E-state index in [0.29, 0.717) is 0 Å². The normalized spacial score (nSPS) is 20.1. The molecule has 0 saturated heterocycles. The number of rotatable bonds is 6. The zero-order valence-corrected chi connectivity index (χ0v) is 10.5. The smallest absolute Gasteiger partial charge is 0.547 e. The molecule has 8 nitrogen and oxygen atoms in total. The van der Waals surface area contributed by atoms with Crippen LogP contribution in [-0.4, -0.2) is 111 Å². The van der Waals surface area contributed by atoms with E-state index in [-0.39, 0.29) is 37.7 Å². The predicted molar refractivity (Wildman–Crippen MR) is 47.9 cm³/mol. The Balaban J connectivity index is 0. The molecule has 0 bridgehead atoms. The molecule has 0 aromatic rings. The van der Waals surface area contributed by atoms with Gasteiger partial charge in [-0.25, -0.2) is 0 Å². The number of hydrogen-bond acceptors (Lipinski definition) is 8. The van der Waals surface area contributed by atoms with Crippen LogP contribution in [0.2, 0.25) is 0 Å². The third-order valence-corrected chi connectivity index (χ3v) is 1.85. The van der Waals surface area contributed by atoms with Crippen molar-refractivity contribution in [2.45, 2.75) is 30.5 Å². The van der Waals surface area contributed by atoms with Crippen LogP contribution in [0.1, 0.15) is 0 Å².